The Balaban J connectivity index is 0.00000117. The Morgan fingerprint density at radius 3 is 2.69 bits per heavy atom. The molecule has 1 aromatic carbocycles. The van der Waals surface area contributed by atoms with E-state index in [9.17, 15) is 9.59 Å². The molecule has 0 atom stereocenters. The van der Waals surface area contributed by atoms with Gasteiger partial charge in [0, 0.05) is 22.2 Å². The van der Waals surface area contributed by atoms with Crippen molar-refractivity contribution in [3.05, 3.63) is 39.7 Å². The lowest BCUT2D eigenvalue weighted by Gasteiger charge is -2.24. The standard InChI is InChI=1S/C18H21NO4S.C2H6/c1-4-22-17(21)18(2,3)23-11-5-6-15-13(9-11)12-7-8-24-10-14(12)16(20)19-15;1-2/h5-6,9H,4,7-8,10H2,1-3H3,(H,19,20);1-2H3. The quantitative estimate of drug-likeness (QED) is 0.814. The number of aromatic nitrogens is 1. The number of rotatable bonds is 4. The van der Waals surface area contributed by atoms with Crippen molar-refractivity contribution in [1.29, 1.82) is 0 Å². The van der Waals surface area contributed by atoms with Gasteiger partial charge in [0.2, 0.25) is 0 Å². The maximum atomic E-state index is 12.2. The number of nitrogens with one attached hydrogen (secondary N) is 1. The Bertz CT molecular complexity index is 842. The number of aryl methyl sites for hydroxylation is 1. The van der Waals surface area contributed by atoms with Gasteiger partial charge in [-0.1, -0.05) is 13.8 Å². The minimum absolute atomic E-state index is 0.00905. The van der Waals surface area contributed by atoms with Crippen LogP contribution in [0.4, 0.5) is 0 Å². The molecular formula is C20H27NO4S. The van der Waals surface area contributed by atoms with E-state index in [4.69, 9.17) is 9.47 Å². The molecule has 6 heteroatoms. The predicted octanol–water partition coefficient (Wildman–Crippen LogP) is 4.06. The van der Waals surface area contributed by atoms with Crippen molar-refractivity contribution in [2.24, 2.45) is 0 Å². The molecule has 1 N–H and O–H groups in total. The van der Waals surface area contributed by atoms with Crippen LogP contribution in [0, 0.1) is 0 Å². The highest BCUT2D eigenvalue weighted by molar-refractivity contribution is 7.98. The van der Waals surface area contributed by atoms with Gasteiger partial charge in [0.15, 0.2) is 5.60 Å². The summed E-state index contributed by atoms with van der Waals surface area (Å²) in [5.41, 5.74) is 1.66. The molecule has 1 aromatic heterocycles. The minimum atomic E-state index is -1.07. The lowest BCUT2D eigenvalue weighted by Crippen LogP contribution is -2.39. The molecule has 2 aromatic rings. The molecule has 0 bridgehead atoms. The van der Waals surface area contributed by atoms with Crippen molar-refractivity contribution >= 4 is 28.6 Å². The molecule has 0 radical (unpaired) electrons. The first kappa shape index (κ1) is 20.4. The Labute approximate surface area is 158 Å². The Morgan fingerprint density at radius 1 is 1.27 bits per heavy atom. The number of hydrogen-bond donors (Lipinski definition) is 1. The molecule has 2 heterocycles. The molecule has 0 aliphatic carbocycles. The number of carbonyl (C=O) groups is 1. The Morgan fingerprint density at radius 2 is 2.00 bits per heavy atom. The van der Waals surface area contributed by atoms with Crippen molar-refractivity contribution in [2.75, 3.05) is 12.4 Å². The molecule has 0 fully saturated rings. The summed E-state index contributed by atoms with van der Waals surface area (Å²) in [5.74, 6) is 1.93. The number of carbonyl (C=O) groups excluding carboxylic acids is 1. The van der Waals surface area contributed by atoms with Crippen LogP contribution in [0.5, 0.6) is 5.75 Å². The molecular weight excluding hydrogens is 350 g/mol. The van der Waals surface area contributed by atoms with Gasteiger partial charge in [-0.3, -0.25) is 4.79 Å². The van der Waals surface area contributed by atoms with E-state index in [1.165, 1.54) is 0 Å². The number of benzene rings is 1. The van der Waals surface area contributed by atoms with E-state index in [1.807, 2.05) is 26.0 Å². The van der Waals surface area contributed by atoms with E-state index < -0.39 is 11.6 Å². The van der Waals surface area contributed by atoms with Crippen molar-refractivity contribution in [3.63, 3.8) is 0 Å². The third-order valence-corrected chi connectivity index (χ3v) is 5.07. The molecule has 1 aliphatic heterocycles. The highest BCUT2D eigenvalue weighted by Crippen LogP contribution is 2.31. The molecule has 0 saturated heterocycles. The van der Waals surface area contributed by atoms with Crippen molar-refractivity contribution < 1.29 is 14.3 Å². The highest BCUT2D eigenvalue weighted by atomic mass is 32.2. The van der Waals surface area contributed by atoms with Crippen LogP contribution < -0.4 is 10.3 Å². The fourth-order valence-electron chi connectivity index (χ4n) is 2.87. The number of pyridine rings is 1. The van der Waals surface area contributed by atoms with Gasteiger partial charge in [-0.2, -0.15) is 11.8 Å². The second-order valence-electron chi connectivity index (χ2n) is 6.25. The fraction of sp³-hybridized carbons (Fsp3) is 0.500. The molecule has 0 saturated carbocycles. The minimum Gasteiger partial charge on any atom is -0.476 e. The van der Waals surface area contributed by atoms with Gasteiger partial charge in [-0.15, -0.1) is 0 Å². The molecule has 0 spiro atoms. The molecule has 142 valence electrons. The van der Waals surface area contributed by atoms with E-state index in [0.717, 1.165) is 40.0 Å². The second kappa shape index (κ2) is 8.62. The predicted molar refractivity (Wildman–Crippen MR) is 107 cm³/mol. The first-order chi connectivity index (χ1) is 12.4. The SMILES string of the molecule is CC.CCOC(=O)C(C)(C)Oc1ccc2[nH]c(=O)c3c(c2c1)CCSC3. The number of ether oxygens (including phenoxy) is 2. The monoisotopic (exact) mass is 377 g/mol. The van der Waals surface area contributed by atoms with E-state index in [-0.39, 0.29) is 5.56 Å². The third-order valence-electron chi connectivity index (χ3n) is 4.09. The number of hydrogen-bond acceptors (Lipinski definition) is 5. The van der Waals surface area contributed by atoms with Crippen LogP contribution in [-0.4, -0.2) is 28.9 Å². The number of aromatic amines is 1. The van der Waals surface area contributed by atoms with Gasteiger partial charge in [0.05, 0.1) is 6.61 Å². The average Bonchev–Trinajstić information content (AvgIpc) is 2.64. The van der Waals surface area contributed by atoms with Crippen LogP contribution in [0.2, 0.25) is 0 Å². The van der Waals surface area contributed by atoms with Gasteiger partial charge in [0.1, 0.15) is 5.75 Å². The van der Waals surface area contributed by atoms with Crippen molar-refractivity contribution in [1.82, 2.24) is 4.98 Å². The molecule has 1 aliphatic rings. The summed E-state index contributed by atoms with van der Waals surface area (Å²) in [7, 11) is 0. The number of H-pyrrole nitrogens is 1. The normalized spacial score (nSPS) is 13.4. The molecule has 26 heavy (non-hydrogen) atoms. The third kappa shape index (κ3) is 4.23. The van der Waals surface area contributed by atoms with Crippen LogP contribution in [0.1, 0.15) is 45.7 Å². The maximum absolute atomic E-state index is 12.2. The Hall–Kier alpha value is -1.95. The van der Waals surface area contributed by atoms with E-state index in [2.05, 4.69) is 4.98 Å². The van der Waals surface area contributed by atoms with Crippen LogP contribution in [-0.2, 0) is 21.7 Å². The zero-order valence-corrected chi connectivity index (χ0v) is 16.9. The van der Waals surface area contributed by atoms with Gasteiger partial charge < -0.3 is 14.5 Å². The van der Waals surface area contributed by atoms with E-state index in [0.29, 0.717) is 12.4 Å². The second-order valence-corrected chi connectivity index (χ2v) is 7.36. The summed E-state index contributed by atoms with van der Waals surface area (Å²) in [4.78, 5) is 27.1. The largest absolute Gasteiger partial charge is 0.476 e. The van der Waals surface area contributed by atoms with E-state index >= 15 is 0 Å². The van der Waals surface area contributed by atoms with Crippen LogP contribution in [0.25, 0.3) is 10.9 Å². The number of thioether (sulfide) groups is 1. The topological polar surface area (TPSA) is 68.4 Å². The number of esters is 1. The fourth-order valence-corrected chi connectivity index (χ4v) is 3.87. The summed E-state index contributed by atoms with van der Waals surface area (Å²) < 4.78 is 10.9. The number of fused-ring (bicyclic) bond motifs is 3. The van der Waals surface area contributed by atoms with Gasteiger partial charge in [-0.05, 0) is 56.7 Å². The van der Waals surface area contributed by atoms with Crippen LogP contribution in [0.15, 0.2) is 23.0 Å². The van der Waals surface area contributed by atoms with Gasteiger partial charge in [0.25, 0.3) is 5.56 Å². The first-order valence-electron chi connectivity index (χ1n) is 9.04. The van der Waals surface area contributed by atoms with Crippen molar-refractivity contribution in [2.45, 2.75) is 52.4 Å². The lowest BCUT2D eigenvalue weighted by molar-refractivity contribution is -0.158. The summed E-state index contributed by atoms with van der Waals surface area (Å²) in [5, 5.41) is 0.988. The van der Waals surface area contributed by atoms with Gasteiger partial charge in [-0.25, -0.2) is 4.79 Å². The molecule has 0 unspecified atom stereocenters. The maximum Gasteiger partial charge on any atom is 0.349 e. The Kier molecular flexibility index (Phi) is 6.75. The van der Waals surface area contributed by atoms with Crippen molar-refractivity contribution in [3.8, 4) is 5.75 Å². The summed E-state index contributed by atoms with van der Waals surface area (Å²) in [6.45, 7) is 9.46. The molecule has 5 nitrogen and oxygen atoms in total. The van der Waals surface area contributed by atoms with Crippen LogP contribution in [0.3, 0.4) is 0 Å². The zero-order chi connectivity index (χ0) is 19.3. The van der Waals surface area contributed by atoms with E-state index in [1.54, 1.807) is 38.6 Å². The highest BCUT2D eigenvalue weighted by Gasteiger charge is 2.31. The van der Waals surface area contributed by atoms with Gasteiger partial charge >= 0.3 is 5.97 Å². The summed E-state index contributed by atoms with van der Waals surface area (Å²) >= 11 is 1.77. The first-order valence-corrected chi connectivity index (χ1v) is 10.2. The lowest BCUT2D eigenvalue weighted by atomic mass is 10.0. The van der Waals surface area contributed by atoms with Crippen LogP contribution >= 0.6 is 11.8 Å². The smallest absolute Gasteiger partial charge is 0.349 e. The average molecular weight is 378 g/mol. The molecule has 0 amide bonds. The molecule has 3 rings (SSSR count). The summed E-state index contributed by atoms with van der Waals surface area (Å²) in [6, 6.07) is 5.50. The summed E-state index contributed by atoms with van der Waals surface area (Å²) in [6.07, 6.45) is 0.866. The zero-order valence-electron chi connectivity index (χ0n) is 16.1.